The lowest BCUT2D eigenvalue weighted by atomic mass is 9.95. The van der Waals surface area contributed by atoms with E-state index in [0.717, 1.165) is 54.8 Å². The SMILES string of the molecule is COc1cccc(CN2CCC(C(=O)NCCSCc3cccc(Cl)c3)CC2)c1. The fraction of sp³-hybridized carbons (Fsp3) is 0.435. The molecule has 29 heavy (non-hydrogen) atoms. The molecule has 1 N–H and O–H groups in total. The Bertz CT molecular complexity index is 794. The van der Waals surface area contributed by atoms with Crippen molar-refractivity contribution in [2.24, 2.45) is 5.92 Å². The zero-order valence-corrected chi connectivity index (χ0v) is 18.5. The summed E-state index contributed by atoms with van der Waals surface area (Å²) < 4.78 is 5.30. The van der Waals surface area contributed by atoms with Gasteiger partial charge in [0.05, 0.1) is 7.11 Å². The largest absolute Gasteiger partial charge is 0.497 e. The lowest BCUT2D eigenvalue weighted by Crippen LogP contribution is -2.40. The molecule has 3 rings (SSSR count). The smallest absolute Gasteiger partial charge is 0.223 e. The van der Waals surface area contributed by atoms with Crippen LogP contribution in [0.5, 0.6) is 5.75 Å². The number of hydrogen-bond donors (Lipinski definition) is 1. The Kier molecular flexibility index (Phi) is 8.71. The van der Waals surface area contributed by atoms with Gasteiger partial charge in [0, 0.05) is 35.5 Å². The molecule has 0 aromatic heterocycles. The van der Waals surface area contributed by atoms with E-state index in [1.807, 2.05) is 42.1 Å². The third-order valence-electron chi connectivity index (χ3n) is 5.20. The molecule has 1 aliphatic rings. The second-order valence-corrected chi connectivity index (χ2v) is 8.92. The quantitative estimate of drug-likeness (QED) is 0.587. The molecule has 156 valence electrons. The summed E-state index contributed by atoms with van der Waals surface area (Å²) in [5.74, 6) is 3.06. The Labute approximate surface area is 183 Å². The van der Waals surface area contributed by atoms with E-state index >= 15 is 0 Å². The second-order valence-electron chi connectivity index (χ2n) is 7.38. The molecule has 0 spiro atoms. The Morgan fingerprint density at radius 3 is 2.69 bits per heavy atom. The Hall–Kier alpha value is -1.69. The minimum absolute atomic E-state index is 0.134. The topological polar surface area (TPSA) is 41.6 Å². The highest BCUT2D eigenvalue weighted by molar-refractivity contribution is 7.98. The zero-order valence-electron chi connectivity index (χ0n) is 16.9. The van der Waals surface area contributed by atoms with Crippen molar-refractivity contribution in [3.05, 3.63) is 64.7 Å². The number of methoxy groups -OCH3 is 1. The van der Waals surface area contributed by atoms with E-state index in [1.165, 1.54) is 11.1 Å². The van der Waals surface area contributed by atoms with Crippen LogP contribution in [0.2, 0.25) is 5.02 Å². The third-order valence-corrected chi connectivity index (χ3v) is 6.47. The number of carbonyl (C=O) groups excluding carboxylic acids is 1. The van der Waals surface area contributed by atoms with Crippen molar-refractivity contribution in [1.29, 1.82) is 0 Å². The van der Waals surface area contributed by atoms with Crippen molar-refractivity contribution in [3.63, 3.8) is 0 Å². The number of hydrogen-bond acceptors (Lipinski definition) is 4. The number of nitrogens with zero attached hydrogens (tertiary/aromatic N) is 1. The molecular weight excluding hydrogens is 404 g/mol. The summed E-state index contributed by atoms with van der Waals surface area (Å²) in [6.45, 7) is 3.54. The number of thioether (sulfide) groups is 1. The second kappa shape index (κ2) is 11.5. The molecular formula is C23H29ClN2O2S. The molecule has 0 unspecified atom stereocenters. The Balaban J connectivity index is 1.31. The number of nitrogens with one attached hydrogen (secondary N) is 1. The summed E-state index contributed by atoms with van der Waals surface area (Å²) in [5.41, 5.74) is 2.47. The van der Waals surface area contributed by atoms with Gasteiger partial charge in [-0.05, 0) is 61.3 Å². The van der Waals surface area contributed by atoms with Crippen LogP contribution < -0.4 is 10.1 Å². The summed E-state index contributed by atoms with van der Waals surface area (Å²) in [6, 6.07) is 16.1. The van der Waals surface area contributed by atoms with E-state index in [9.17, 15) is 4.79 Å². The van der Waals surface area contributed by atoms with Gasteiger partial charge in [0.2, 0.25) is 5.91 Å². The average Bonchev–Trinajstić information content (AvgIpc) is 2.74. The van der Waals surface area contributed by atoms with Crippen molar-refractivity contribution in [2.45, 2.75) is 25.1 Å². The predicted octanol–water partition coefficient (Wildman–Crippen LogP) is 4.61. The van der Waals surface area contributed by atoms with E-state index in [-0.39, 0.29) is 11.8 Å². The van der Waals surface area contributed by atoms with Gasteiger partial charge in [0.15, 0.2) is 0 Å². The monoisotopic (exact) mass is 432 g/mol. The number of piperidine rings is 1. The van der Waals surface area contributed by atoms with Gasteiger partial charge in [-0.2, -0.15) is 11.8 Å². The van der Waals surface area contributed by atoms with E-state index < -0.39 is 0 Å². The zero-order chi connectivity index (χ0) is 20.5. The molecule has 1 fully saturated rings. The van der Waals surface area contributed by atoms with Crippen LogP contribution in [-0.2, 0) is 17.1 Å². The van der Waals surface area contributed by atoms with Crippen LogP contribution >= 0.6 is 23.4 Å². The molecule has 2 aromatic carbocycles. The van der Waals surface area contributed by atoms with Gasteiger partial charge in [-0.1, -0.05) is 35.9 Å². The number of halogens is 1. The van der Waals surface area contributed by atoms with E-state index in [0.29, 0.717) is 6.54 Å². The maximum atomic E-state index is 12.5. The number of rotatable bonds is 9. The lowest BCUT2D eigenvalue weighted by molar-refractivity contribution is -0.126. The first-order valence-electron chi connectivity index (χ1n) is 10.1. The Morgan fingerprint density at radius 1 is 1.17 bits per heavy atom. The highest BCUT2D eigenvalue weighted by Gasteiger charge is 2.24. The van der Waals surface area contributed by atoms with Crippen molar-refractivity contribution in [3.8, 4) is 5.75 Å². The molecule has 0 radical (unpaired) electrons. The molecule has 1 aliphatic heterocycles. The molecule has 0 saturated carbocycles. The van der Waals surface area contributed by atoms with Crippen LogP contribution in [-0.4, -0.2) is 43.3 Å². The van der Waals surface area contributed by atoms with Crippen molar-refractivity contribution < 1.29 is 9.53 Å². The van der Waals surface area contributed by atoms with Crippen LogP contribution in [0.15, 0.2) is 48.5 Å². The molecule has 1 saturated heterocycles. The van der Waals surface area contributed by atoms with Crippen LogP contribution in [0.3, 0.4) is 0 Å². The third kappa shape index (κ3) is 7.25. The van der Waals surface area contributed by atoms with Crippen molar-refractivity contribution >= 4 is 29.3 Å². The maximum Gasteiger partial charge on any atom is 0.223 e. The van der Waals surface area contributed by atoms with Crippen LogP contribution in [0.1, 0.15) is 24.0 Å². The number of likely N-dealkylation sites (tertiary alicyclic amines) is 1. The summed E-state index contributed by atoms with van der Waals surface area (Å²) in [4.78, 5) is 14.9. The van der Waals surface area contributed by atoms with Crippen LogP contribution in [0.25, 0.3) is 0 Å². The van der Waals surface area contributed by atoms with Crippen LogP contribution in [0, 0.1) is 5.92 Å². The van der Waals surface area contributed by atoms with Crippen molar-refractivity contribution in [1.82, 2.24) is 10.2 Å². The fourth-order valence-electron chi connectivity index (χ4n) is 3.59. The molecule has 2 aromatic rings. The molecule has 4 nitrogen and oxygen atoms in total. The first kappa shape index (κ1) is 22.0. The molecule has 1 amide bonds. The van der Waals surface area contributed by atoms with Gasteiger partial charge in [-0.25, -0.2) is 0 Å². The molecule has 0 bridgehead atoms. The minimum Gasteiger partial charge on any atom is -0.497 e. The summed E-state index contributed by atoms with van der Waals surface area (Å²) >= 11 is 7.82. The summed E-state index contributed by atoms with van der Waals surface area (Å²) in [5, 5.41) is 3.88. The van der Waals surface area contributed by atoms with Crippen LogP contribution in [0.4, 0.5) is 0 Å². The highest BCUT2D eigenvalue weighted by Crippen LogP contribution is 2.21. The molecule has 0 atom stereocenters. The molecule has 0 aliphatic carbocycles. The number of benzene rings is 2. The Morgan fingerprint density at radius 2 is 1.93 bits per heavy atom. The van der Waals surface area contributed by atoms with Crippen molar-refractivity contribution in [2.75, 3.05) is 32.5 Å². The highest BCUT2D eigenvalue weighted by atomic mass is 35.5. The minimum atomic E-state index is 0.134. The van der Waals surface area contributed by atoms with Gasteiger partial charge in [-0.15, -0.1) is 0 Å². The predicted molar refractivity (Wildman–Crippen MR) is 122 cm³/mol. The summed E-state index contributed by atoms with van der Waals surface area (Å²) in [7, 11) is 1.69. The first-order chi connectivity index (χ1) is 14.1. The maximum absolute atomic E-state index is 12.5. The van der Waals surface area contributed by atoms with Gasteiger partial charge in [0.1, 0.15) is 5.75 Å². The average molecular weight is 433 g/mol. The molecule has 1 heterocycles. The van der Waals surface area contributed by atoms with Gasteiger partial charge < -0.3 is 10.1 Å². The van der Waals surface area contributed by atoms with E-state index in [4.69, 9.17) is 16.3 Å². The lowest BCUT2D eigenvalue weighted by Gasteiger charge is -2.31. The van der Waals surface area contributed by atoms with Gasteiger partial charge in [-0.3, -0.25) is 9.69 Å². The normalized spacial score (nSPS) is 15.2. The van der Waals surface area contributed by atoms with E-state index in [2.05, 4.69) is 28.4 Å². The first-order valence-corrected chi connectivity index (χ1v) is 11.6. The van der Waals surface area contributed by atoms with Gasteiger partial charge in [0.25, 0.3) is 0 Å². The number of carbonyl (C=O) groups is 1. The fourth-order valence-corrected chi connectivity index (χ4v) is 4.61. The summed E-state index contributed by atoms with van der Waals surface area (Å²) in [6.07, 6.45) is 1.84. The standard InChI is InChI=1S/C23H29ClN2O2S/c1-28-22-7-3-4-18(15-22)16-26-11-8-20(9-12-26)23(27)25-10-13-29-17-19-5-2-6-21(24)14-19/h2-7,14-15,20H,8-13,16-17H2,1H3,(H,25,27). The van der Waals surface area contributed by atoms with Gasteiger partial charge >= 0.3 is 0 Å². The molecule has 6 heteroatoms. The number of ether oxygens (including phenoxy) is 1. The number of amides is 1. The van der Waals surface area contributed by atoms with E-state index in [1.54, 1.807) is 7.11 Å².